The number of hydrogen-bond donors (Lipinski definition) is 2. The van der Waals surface area contributed by atoms with Crippen molar-refractivity contribution in [1.82, 2.24) is 5.32 Å². The molecule has 1 atom stereocenters. The average molecular weight is 306 g/mol. The molecule has 0 fully saturated rings. The molecule has 0 radical (unpaired) electrons. The number of ether oxygens (including phenoxy) is 1. The van der Waals surface area contributed by atoms with Gasteiger partial charge in [-0.15, -0.1) is 0 Å². The first-order valence-electron chi connectivity index (χ1n) is 7.00. The second-order valence-corrected chi connectivity index (χ2v) is 5.27. The lowest BCUT2D eigenvalue weighted by Crippen LogP contribution is -2.26. The summed E-state index contributed by atoms with van der Waals surface area (Å²) in [5.74, 6) is 0.726. The van der Waals surface area contributed by atoms with E-state index in [0.717, 1.165) is 16.9 Å². The molecule has 0 aliphatic carbocycles. The fraction of sp³-hybridized carbons (Fsp3) is 0.294. The van der Waals surface area contributed by atoms with Crippen molar-refractivity contribution in [2.24, 2.45) is 0 Å². The lowest BCUT2D eigenvalue weighted by Gasteiger charge is -2.14. The number of hydrogen-bond acceptors (Lipinski definition) is 3. The molecule has 0 spiro atoms. The molecule has 0 aliphatic rings. The van der Waals surface area contributed by atoms with E-state index in [4.69, 9.17) is 16.3 Å². The number of nitrogens with one attached hydrogen (secondary N) is 1. The van der Waals surface area contributed by atoms with Crippen LogP contribution in [0.4, 0.5) is 0 Å². The third-order valence-electron chi connectivity index (χ3n) is 3.21. The summed E-state index contributed by atoms with van der Waals surface area (Å²) < 4.78 is 5.68. The monoisotopic (exact) mass is 305 g/mol. The molecule has 0 bridgehead atoms. The minimum absolute atomic E-state index is 0.495. The highest BCUT2D eigenvalue weighted by Crippen LogP contribution is 2.27. The van der Waals surface area contributed by atoms with Gasteiger partial charge in [0.15, 0.2) is 0 Å². The van der Waals surface area contributed by atoms with Crippen LogP contribution in [0.5, 0.6) is 5.75 Å². The quantitative estimate of drug-likeness (QED) is 0.771. The molecule has 2 aromatic rings. The van der Waals surface area contributed by atoms with E-state index in [1.54, 1.807) is 0 Å². The Balaban J connectivity index is 1.71. The number of aliphatic hydroxyl groups excluding tert-OH is 1. The van der Waals surface area contributed by atoms with Crippen molar-refractivity contribution in [2.45, 2.75) is 13.0 Å². The SMILES string of the molecule is Cc1cccc(Cl)c1OCCNCC(O)c1ccccc1. The molecule has 2 rings (SSSR count). The number of rotatable bonds is 7. The van der Waals surface area contributed by atoms with Crippen molar-refractivity contribution in [1.29, 1.82) is 0 Å². The molecule has 2 N–H and O–H groups in total. The van der Waals surface area contributed by atoms with Crippen molar-refractivity contribution in [2.75, 3.05) is 19.7 Å². The van der Waals surface area contributed by atoms with E-state index >= 15 is 0 Å². The smallest absolute Gasteiger partial charge is 0.140 e. The van der Waals surface area contributed by atoms with Crippen molar-refractivity contribution in [3.05, 3.63) is 64.7 Å². The molecule has 0 saturated heterocycles. The van der Waals surface area contributed by atoms with E-state index in [1.165, 1.54) is 0 Å². The van der Waals surface area contributed by atoms with Gasteiger partial charge in [0.1, 0.15) is 12.4 Å². The van der Waals surface area contributed by atoms with Crippen LogP contribution in [0.1, 0.15) is 17.2 Å². The van der Waals surface area contributed by atoms with Gasteiger partial charge in [0.05, 0.1) is 11.1 Å². The summed E-state index contributed by atoms with van der Waals surface area (Å²) in [6.07, 6.45) is -0.506. The number of halogens is 1. The average Bonchev–Trinajstić information content (AvgIpc) is 2.50. The van der Waals surface area contributed by atoms with Gasteiger partial charge in [-0.2, -0.15) is 0 Å². The van der Waals surface area contributed by atoms with Gasteiger partial charge >= 0.3 is 0 Å². The zero-order chi connectivity index (χ0) is 15.1. The first kappa shape index (κ1) is 15.8. The second kappa shape index (κ2) is 8.03. The van der Waals surface area contributed by atoms with E-state index in [-0.39, 0.29) is 0 Å². The fourth-order valence-electron chi connectivity index (χ4n) is 2.06. The summed E-state index contributed by atoms with van der Waals surface area (Å²) in [6.45, 7) is 3.61. The summed E-state index contributed by atoms with van der Waals surface area (Å²) in [4.78, 5) is 0. The molecule has 21 heavy (non-hydrogen) atoms. The normalized spacial score (nSPS) is 12.1. The van der Waals surface area contributed by atoms with E-state index < -0.39 is 6.10 Å². The predicted octanol–water partition coefficient (Wildman–Crippen LogP) is 3.35. The van der Waals surface area contributed by atoms with Gasteiger partial charge in [-0.25, -0.2) is 0 Å². The highest BCUT2D eigenvalue weighted by molar-refractivity contribution is 6.32. The van der Waals surface area contributed by atoms with Gasteiger partial charge in [-0.1, -0.05) is 54.1 Å². The van der Waals surface area contributed by atoms with Gasteiger partial charge in [-0.05, 0) is 24.1 Å². The molecule has 4 heteroatoms. The van der Waals surface area contributed by atoms with Crippen LogP contribution in [-0.2, 0) is 0 Å². The first-order valence-corrected chi connectivity index (χ1v) is 7.38. The van der Waals surface area contributed by atoms with Gasteiger partial charge in [0.2, 0.25) is 0 Å². The summed E-state index contributed by atoms with van der Waals surface area (Å²) in [6, 6.07) is 15.3. The van der Waals surface area contributed by atoms with Crippen LogP contribution in [0.25, 0.3) is 0 Å². The predicted molar refractivity (Wildman–Crippen MR) is 86.0 cm³/mol. The standard InChI is InChI=1S/C17H20ClNO2/c1-13-6-5-9-15(18)17(13)21-11-10-19-12-16(20)14-7-3-2-4-8-14/h2-9,16,19-20H,10-12H2,1H3. The summed E-state index contributed by atoms with van der Waals surface area (Å²) in [7, 11) is 0. The Labute approximate surface area is 130 Å². The Morgan fingerprint density at radius 1 is 1.14 bits per heavy atom. The topological polar surface area (TPSA) is 41.5 Å². The molecule has 0 aliphatic heterocycles. The van der Waals surface area contributed by atoms with Crippen LogP contribution in [0.3, 0.4) is 0 Å². The van der Waals surface area contributed by atoms with Crippen LogP contribution in [-0.4, -0.2) is 24.8 Å². The zero-order valence-corrected chi connectivity index (χ0v) is 12.8. The van der Waals surface area contributed by atoms with Crippen LogP contribution in [0.15, 0.2) is 48.5 Å². The number of aryl methyl sites for hydroxylation is 1. The largest absolute Gasteiger partial charge is 0.490 e. The van der Waals surface area contributed by atoms with Gasteiger partial charge in [-0.3, -0.25) is 0 Å². The number of aliphatic hydroxyl groups is 1. The van der Waals surface area contributed by atoms with Crippen LogP contribution in [0.2, 0.25) is 5.02 Å². The Kier molecular flexibility index (Phi) is 6.05. The summed E-state index contributed by atoms with van der Waals surface area (Å²) in [5.41, 5.74) is 1.93. The molecule has 0 heterocycles. The van der Waals surface area contributed by atoms with E-state index in [2.05, 4.69) is 5.32 Å². The van der Waals surface area contributed by atoms with Crippen LogP contribution < -0.4 is 10.1 Å². The number of benzene rings is 2. The minimum atomic E-state index is -0.506. The van der Waals surface area contributed by atoms with Crippen molar-refractivity contribution < 1.29 is 9.84 Å². The summed E-state index contributed by atoms with van der Waals surface area (Å²) in [5, 5.41) is 13.8. The fourth-order valence-corrected chi connectivity index (χ4v) is 2.33. The Bertz CT molecular complexity index is 540. The third kappa shape index (κ3) is 4.74. The van der Waals surface area contributed by atoms with E-state index in [1.807, 2.05) is 55.5 Å². The molecule has 2 aromatic carbocycles. The van der Waals surface area contributed by atoms with Gasteiger partial charge in [0.25, 0.3) is 0 Å². The van der Waals surface area contributed by atoms with Crippen LogP contribution in [0, 0.1) is 6.92 Å². The number of para-hydroxylation sites is 1. The maximum atomic E-state index is 10.0. The Morgan fingerprint density at radius 2 is 1.90 bits per heavy atom. The molecule has 0 amide bonds. The highest BCUT2D eigenvalue weighted by Gasteiger charge is 2.07. The van der Waals surface area contributed by atoms with E-state index in [0.29, 0.717) is 24.7 Å². The molecular formula is C17H20ClNO2. The van der Waals surface area contributed by atoms with E-state index in [9.17, 15) is 5.11 Å². The first-order chi connectivity index (χ1) is 10.2. The minimum Gasteiger partial charge on any atom is -0.490 e. The lowest BCUT2D eigenvalue weighted by atomic mass is 10.1. The Morgan fingerprint density at radius 3 is 2.62 bits per heavy atom. The summed E-state index contributed by atoms with van der Waals surface area (Å²) >= 11 is 6.09. The molecular weight excluding hydrogens is 286 g/mol. The van der Waals surface area contributed by atoms with Gasteiger partial charge < -0.3 is 15.2 Å². The zero-order valence-electron chi connectivity index (χ0n) is 12.1. The maximum Gasteiger partial charge on any atom is 0.140 e. The van der Waals surface area contributed by atoms with Crippen LogP contribution >= 0.6 is 11.6 Å². The highest BCUT2D eigenvalue weighted by atomic mass is 35.5. The molecule has 112 valence electrons. The second-order valence-electron chi connectivity index (χ2n) is 4.86. The molecule has 0 aromatic heterocycles. The van der Waals surface area contributed by atoms with Crippen molar-refractivity contribution in [3.8, 4) is 5.75 Å². The lowest BCUT2D eigenvalue weighted by molar-refractivity contribution is 0.172. The molecule has 0 saturated carbocycles. The molecule has 3 nitrogen and oxygen atoms in total. The third-order valence-corrected chi connectivity index (χ3v) is 3.51. The van der Waals surface area contributed by atoms with Crippen molar-refractivity contribution >= 4 is 11.6 Å². The van der Waals surface area contributed by atoms with Gasteiger partial charge in [0, 0.05) is 13.1 Å². The Hall–Kier alpha value is -1.55. The van der Waals surface area contributed by atoms with Crippen molar-refractivity contribution in [3.63, 3.8) is 0 Å². The maximum absolute atomic E-state index is 10.0. The molecule has 1 unspecified atom stereocenters.